The molecule has 0 aliphatic carbocycles. The molecule has 0 fully saturated rings. The number of carbonyl (C=O) groups is 2. The van der Waals surface area contributed by atoms with Gasteiger partial charge in [0.25, 0.3) is 5.91 Å². The molecule has 27 heavy (non-hydrogen) atoms. The number of aromatic amines is 1. The Hall–Kier alpha value is -2.31. The average Bonchev–Trinajstić information content (AvgIpc) is 2.91. The number of nitrogens with one attached hydrogen (secondary N) is 2. The Bertz CT molecular complexity index is 816. The number of benzene rings is 1. The molecular formula is C20H25ClN2O4. The van der Waals surface area contributed by atoms with E-state index in [4.69, 9.17) is 21.1 Å². The van der Waals surface area contributed by atoms with Gasteiger partial charge in [-0.3, -0.25) is 4.79 Å². The zero-order valence-corrected chi connectivity index (χ0v) is 16.8. The minimum atomic E-state index is -0.471. The molecule has 6 nitrogen and oxygen atoms in total. The summed E-state index contributed by atoms with van der Waals surface area (Å²) in [4.78, 5) is 27.9. The summed E-state index contributed by atoms with van der Waals surface area (Å²) in [6.07, 6.45) is 0.607. The molecule has 7 heteroatoms. The van der Waals surface area contributed by atoms with Crippen LogP contribution in [-0.2, 0) is 15.9 Å². The van der Waals surface area contributed by atoms with Crippen LogP contribution in [0.3, 0.4) is 0 Å². The van der Waals surface area contributed by atoms with Crippen LogP contribution in [-0.4, -0.2) is 43.2 Å². The van der Waals surface area contributed by atoms with Crippen molar-refractivity contribution >= 4 is 23.5 Å². The Morgan fingerprint density at radius 1 is 1.22 bits per heavy atom. The Morgan fingerprint density at radius 2 is 1.93 bits per heavy atom. The maximum atomic E-state index is 12.7. The van der Waals surface area contributed by atoms with Gasteiger partial charge >= 0.3 is 5.97 Å². The average molecular weight is 393 g/mol. The van der Waals surface area contributed by atoms with E-state index in [9.17, 15) is 9.59 Å². The number of hydrogen-bond donors (Lipinski definition) is 2. The molecule has 1 atom stereocenters. The minimum Gasteiger partial charge on any atom is -0.460 e. The molecule has 1 amide bonds. The van der Waals surface area contributed by atoms with Crippen LogP contribution in [0.1, 0.15) is 44.6 Å². The van der Waals surface area contributed by atoms with E-state index in [1.54, 1.807) is 13.8 Å². The summed E-state index contributed by atoms with van der Waals surface area (Å²) in [5.41, 5.74) is 2.87. The second-order valence-electron chi connectivity index (χ2n) is 6.42. The first-order chi connectivity index (χ1) is 12.8. The van der Waals surface area contributed by atoms with Crippen LogP contribution in [0.2, 0.25) is 5.02 Å². The van der Waals surface area contributed by atoms with Crippen LogP contribution in [0.15, 0.2) is 24.3 Å². The van der Waals surface area contributed by atoms with Gasteiger partial charge in [-0.05, 0) is 44.4 Å². The number of aromatic nitrogens is 1. The fourth-order valence-electron chi connectivity index (χ4n) is 2.91. The summed E-state index contributed by atoms with van der Waals surface area (Å²) >= 11 is 6.18. The molecule has 0 saturated carbocycles. The molecule has 0 spiro atoms. The number of rotatable bonds is 8. The van der Waals surface area contributed by atoms with Crippen molar-refractivity contribution in [2.75, 3.05) is 20.3 Å². The first kappa shape index (κ1) is 21.0. The molecule has 2 N–H and O–H groups in total. The first-order valence-corrected chi connectivity index (χ1v) is 9.12. The van der Waals surface area contributed by atoms with E-state index in [1.165, 1.54) is 7.11 Å². The van der Waals surface area contributed by atoms with Gasteiger partial charge in [0.1, 0.15) is 12.3 Å². The summed E-state index contributed by atoms with van der Waals surface area (Å²) in [6, 6.07) is 7.41. The maximum Gasteiger partial charge on any atom is 0.340 e. The normalized spacial score (nSPS) is 11.9. The Labute approximate surface area is 164 Å². The molecular weight excluding hydrogens is 368 g/mol. The van der Waals surface area contributed by atoms with Gasteiger partial charge in [-0.1, -0.05) is 29.8 Å². The number of methoxy groups -OCH3 is 1. The van der Waals surface area contributed by atoms with Crippen molar-refractivity contribution in [2.24, 2.45) is 0 Å². The van der Waals surface area contributed by atoms with E-state index in [-0.39, 0.29) is 18.6 Å². The standard InChI is InChI=1S/C20H25ClN2O4/c1-12(11-15-7-5-6-8-16(15)21)22-19(24)18-13(2)17(14(3)23-18)20(25)27-10-9-26-4/h5-8,12,23H,9-11H2,1-4H3,(H,22,24)/t12-/m1/s1. The number of H-pyrrole nitrogens is 1. The lowest BCUT2D eigenvalue weighted by Gasteiger charge is -2.14. The van der Waals surface area contributed by atoms with Gasteiger partial charge in [0, 0.05) is 23.9 Å². The Morgan fingerprint density at radius 3 is 2.59 bits per heavy atom. The first-order valence-electron chi connectivity index (χ1n) is 8.74. The van der Waals surface area contributed by atoms with Gasteiger partial charge in [-0.15, -0.1) is 0 Å². The molecule has 0 aliphatic heterocycles. The lowest BCUT2D eigenvalue weighted by Crippen LogP contribution is -2.34. The molecule has 1 aromatic carbocycles. The highest BCUT2D eigenvalue weighted by Gasteiger charge is 2.23. The van der Waals surface area contributed by atoms with E-state index in [1.807, 2.05) is 31.2 Å². The van der Waals surface area contributed by atoms with E-state index < -0.39 is 5.97 Å². The fourth-order valence-corrected chi connectivity index (χ4v) is 3.13. The zero-order valence-electron chi connectivity index (χ0n) is 16.0. The molecule has 0 aliphatic rings. The second kappa shape index (κ2) is 9.58. The summed E-state index contributed by atoms with van der Waals surface area (Å²) < 4.78 is 10.0. The molecule has 0 unspecified atom stereocenters. The minimum absolute atomic E-state index is 0.127. The van der Waals surface area contributed by atoms with Crippen molar-refractivity contribution < 1.29 is 19.1 Å². The van der Waals surface area contributed by atoms with E-state index in [0.717, 1.165) is 5.56 Å². The molecule has 2 aromatic rings. The van der Waals surface area contributed by atoms with Gasteiger partial charge in [-0.25, -0.2) is 4.79 Å². The lowest BCUT2D eigenvalue weighted by molar-refractivity contribution is 0.0387. The summed E-state index contributed by atoms with van der Waals surface area (Å²) in [7, 11) is 1.53. The van der Waals surface area contributed by atoms with Crippen LogP contribution in [0, 0.1) is 13.8 Å². The maximum absolute atomic E-state index is 12.7. The molecule has 1 aromatic heterocycles. The zero-order chi connectivity index (χ0) is 20.0. The van der Waals surface area contributed by atoms with Crippen LogP contribution < -0.4 is 5.32 Å². The number of amides is 1. The number of carbonyl (C=O) groups excluding carboxylic acids is 2. The largest absolute Gasteiger partial charge is 0.460 e. The van der Waals surface area contributed by atoms with E-state index in [2.05, 4.69) is 10.3 Å². The Balaban J connectivity index is 2.07. The number of hydrogen-bond acceptors (Lipinski definition) is 4. The van der Waals surface area contributed by atoms with Crippen molar-refractivity contribution in [3.05, 3.63) is 57.4 Å². The highest BCUT2D eigenvalue weighted by molar-refractivity contribution is 6.31. The summed E-state index contributed by atoms with van der Waals surface area (Å²) in [5, 5.41) is 3.62. The van der Waals surface area contributed by atoms with Crippen LogP contribution >= 0.6 is 11.6 Å². The molecule has 2 rings (SSSR count). The molecule has 146 valence electrons. The quantitative estimate of drug-likeness (QED) is 0.532. The summed E-state index contributed by atoms with van der Waals surface area (Å²) in [5.74, 6) is -0.743. The van der Waals surface area contributed by atoms with Crippen LogP contribution in [0.4, 0.5) is 0 Å². The third kappa shape index (κ3) is 5.34. The molecule has 0 bridgehead atoms. The van der Waals surface area contributed by atoms with E-state index in [0.29, 0.717) is 40.6 Å². The third-order valence-electron chi connectivity index (χ3n) is 4.25. The third-order valence-corrected chi connectivity index (χ3v) is 4.62. The van der Waals surface area contributed by atoms with Crippen LogP contribution in [0.25, 0.3) is 0 Å². The summed E-state index contributed by atoms with van der Waals surface area (Å²) in [6.45, 7) is 5.86. The second-order valence-corrected chi connectivity index (χ2v) is 6.83. The highest BCUT2D eigenvalue weighted by Crippen LogP contribution is 2.20. The number of halogens is 1. The lowest BCUT2D eigenvalue weighted by atomic mass is 10.1. The molecule has 0 saturated heterocycles. The molecule has 1 heterocycles. The van der Waals surface area contributed by atoms with Gasteiger partial charge in [0.05, 0.1) is 12.2 Å². The predicted molar refractivity (Wildman–Crippen MR) is 105 cm³/mol. The number of esters is 1. The highest BCUT2D eigenvalue weighted by atomic mass is 35.5. The van der Waals surface area contributed by atoms with Crippen molar-refractivity contribution in [3.8, 4) is 0 Å². The van der Waals surface area contributed by atoms with Crippen molar-refractivity contribution in [1.82, 2.24) is 10.3 Å². The van der Waals surface area contributed by atoms with Gasteiger partial charge in [0.2, 0.25) is 0 Å². The van der Waals surface area contributed by atoms with E-state index >= 15 is 0 Å². The Kier molecular flexibility index (Phi) is 7.45. The SMILES string of the molecule is COCCOC(=O)c1c(C)[nH]c(C(=O)N[C@H](C)Cc2ccccc2Cl)c1C. The predicted octanol–water partition coefficient (Wildman–Crippen LogP) is 3.45. The number of aryl methyl sites for hydroxylation is 1. The smallest absolute Gasteiger partial charge is 0.340 e. The molecule has 0 radical (unpaired) electrons. The van der Waals surface area contributed by atoms with Gasteiger partial charge < -0.3 is 19.8 Å². The topological polar surface area (TPSA) is 80.4 Å². The van der Waals surface area contributed by atoms with Crippen molar-refractivity contribution in [2.45, 2.75) is 33.2 Å². The van der Waals surface area contributed by atoms with Gasteiger partial charge in [-0.2, -0.15) is 0 Å². The van der Waals surface area contributed by atoms with Crippen LogP contribution in [0.5, 0.6) is 0 Å². The number of ether oxygens (including phenoxy) is 2. The van der Waals surface area contributed by atoms with Crippen molar-refractivity contribution in [3.63, 3.8) is 0 Å². The van der Waals surface area contributed by atoms with Gasteiger partial charge in [0.15, 0.2) is 0 Å². The van der Waals surface area contributed by atoms with Crippen molar-refractivity contribution in [1.29, 1.82) is 0 Å². The monoisotopic (exact) mass is 392 g/mol. The fraction of sp³-hybridized carbons (Fsp3) is 0.400.